The number of nitrogens with zero attached hydrogens (tertiary/aromatic N) is 1. The molecule has 0 saturated carbocycles. The summed E-state index contributed by atoms with van der Waals surface area (Å²) in [6.07, 6.45) is 0.723. The molecular formula is C19H23BrN4O3. The number of aliphatic imine (C=N–C) groups is 1. The second-order valence-electron chi connectivity index (χ2n) is 5.63. The summed E-state index contributed by atoms with van der Waals surface area (Å²) in [6.45, 7) is 0.528. The third-order valence-electron chi connectivity index (χ3n) is 3.67. The molecular weight excluding hydrogens is 412 g/mol. The van der Waals surface area contributed by atoms with Gasteiger partial charge in [0.05, 0.1) is 14.2 Å². The molecule has 0 aliphatic rings. The number of guanidine groups is 1. The van der Waals surface area contributed by atoms with E-state index in [9.17, 15) is 4.79 Å². The molecule has 7 nitrogen and oxygen atoms in total. The van der Waals surface area contributed by atoms with Gasteiger partial charge in [0.15, 0.2) is 17.5 Å². The van der Waals surface area contributed by atoms with Gasteiger partial charge in [-0.05, 0) is 42.3 Å². The largest absolute Gasteiger partial charge is 0.493 e. The van der Waals surface area contributed by atoms with Crippen LogP contribution in [0.15, 0.2) is 51.9 Å². The summed E-state index contributed by atoms with van der Waals surface area (Å²) in [6, 6.07) is 13.1. The number of nitrogens with one attached hydrogen (secondary N) is 2. The monoisotopic (exact) mass is 434 g/mol. The molecule has 0 radical (unpaired) electrons. The highest BCUT2D eigenvalue weighted by atomic mass is 79.9. The Kier molecular flexibility index (Phi) is 7.94. The fourth-order valence-corrected chi connectivity index (χ4v) is 2.75. The van der Waals surface area contributed by atoms with Gasteiger partial charge in [-0.2, -0.15) is 0 Å². The van der Waals surface area contributed by atoms with Crippen molar-refractivity contribution in [1.82, 2.24) is 5.32 Å². The smallest absolute Gasteiger partial charge is 0.246 e. The van der Waals surface area contributed by atoms with Crippen molar-refractivity contribution in [3.8, 4) is 11.5 Å². The van der Waals surface area contributed by atoms with Crippen LogP contribution in [0.25, 0.3) is 0 Å². The van der Waals surface area contributed by atoms with E-state index in [4.69, 9.17) is 15.2 Å². The molecule has 1 amide bonds. The van der Waals surface area contributed by atoms with E-state index in [1.165, 1.54) is 0 Å². The van der Waals surface area contributed by atoms with Crippen LogP contribution in [0.4, 0.5) is 5.69 Å². The Labute approximate surface area is 167 Å². The van der Waals surface area contributed by atoms with Gasteiger partial charge in [0.1, 0.15) is 6.54 Å². The van der Waals surface area contributed by atoms with Crippen molar-refractivity contribution in [3.05, 3.63) is 52.5 Å². The molecule has 4 N–H and O–H groups in total. The number of anilines is 1. The van der Waals surface area contributed by atoms with Crippen LogP contribution in [-0.2, 0) is 11.2 Å². The lowest BCUT2D eigenvalue weighted by Crippen LogP contribution is -2.34. The summed E-state index contributed by atoms with van der Waals surface area (Å²) < 4.78 is 11.4. The molecule has 0 saturated heterocycles. The maximum Gasteiger partial charge on any atom is 0.246 e. The first-order chi connectivity index (χ1) is 13.0. The molecule has 0 atom stereocenters. The normalized spacial score (nSPS) is 11.0. The lowest BCUT2D eigenvalue weighted by molar-refractivity contribution is -0.114. The highest BCUT2D eigenvalue weighted by Crippen LogP contribution is 2.27. The topological polar surface area (TPSA) is 98.0 Å². The molecule has 0 unspecified atom stereocenters. The van der Waals surface area contributed by atoms with Crippen LogP contribution in [0.1, 0.15) is 5.56 Å². The van der Waals surface area contributed by atoms with Crippen molar-refractivity contribution >= 4 is 33.5 Å². The highest BCUT2D eigenvalue weighted by Gasteiger charge is 2.05. The third-order valence-corrected chi connectivity index (χ3v) is 4.16. The molecule has 27 heavy (non-hydrogen) atoms. The van der Waals surface area contributed by atoms with E-state index in [2.05, 4.69) is 31.6 Å². The van der Waals surface area contributed by atoms with Gasteiger partial charge >= 0.3 is 0 Å². The first kappa shape index (κ1) is 20.6. The molecule has 144 valence electrons. The van der Waals surface area contributed by atoms with Crippen LogP contribution < -0.4 is 25.8 Å². The van der Waals surface area contributed by atoms with Gasteiger partial charge in [-0.1, -0.05) is 28.1 Å². The summed E-state index contributed by atoms with van der Waals surface area (Å²) in [5, 5.41) is 5.75. The Morgan fingerprint density at radius 1 is 1.15 bits per heavy atom. The van der Waals surface area contributed by atoms with Gasteiger partial charge in [0.2, 0.25) is 5.91 Å². The van der Waals surface area contributed by atoms with Crippen LogP contribution in [-0.4, -0.2) is 39.2 Å². The minimum absolute atomic E-state index is 0.0539. The number of rotatable bonds is 8. The second kappa shape index (κ2) is 10.4. The Morgan fingerprint density at radius 3 is 2.63 bits per heavy atom. The molecule has 8 heteroatoms. The zero-order chi connectivity index (χ0) is 19.6. The molecule has 0 aliphatic carbocycles. The molecule has 0 heterocycles. The van der Waals surface area contributed by atoms with Gasteiger partial charge in [0.25, 0.3) is 0 Å². The van der Waals surface area contributed by atoms with Gasteiger partial charge in [-0.25, -0.2) is 4.99 Å². The standard InChI is InChI=1S/C19H23BrN4O3/c1-26-16-7-6-13(10-17(16)27-2)8-9-22-19(21)23-12-18(25)24-15-5-3-4-14(20)11-15/h3-7,10-11H,8-9,12H2,1-2H3,(H,24,25)(H3,21,22,23). The van der Waals surface area contributed by atoms with Crippen LogP contribution in [0.3, 0.4) is 0 Å². The average Bonchev–Trinajstić information content (AvgIpc) is 2.66. The van der Waals surface area contributed by atoms with Gasteiger partial charge in [-0.3, -0.25) is 4.79 Å². The first-order valence-corrected chi connectivity index (χ1v) is 9.11. The molecule has 0 aromatic heterocycles. The number of benzene rings is 2. The van der Waals surface area contributed by atoms with Crippen molar-refractivity contribution in [1.29, 1.82) is 0 Å². The number of nitrogens with two attached hydrogens (primary N) is 1. The zero-order valence-corrected chi connectivity index (χ0v) is 16.9. The minimum atomic E-state index is -0.238. The fraction of sp³-hybridized carbons (Fsp3) is 0.263. The van der Waals surface area contributed by atoms with E-state index in [0.717, 1.165) is 16.5 Å². The zero-order valence-electron chi connectivity index (χ0n) is 15.3. The maximum atomic E-state index is 11.9. The van der Waals surface area contributed by atoms with Crippen molar-refractivity contribution < 1.29 is 14.3 Å². The van der Waals surface area contributed by atoms with Crippen molar-refractivity contribution in [2.75, 3.05) is 32.6 Å². The SMILES string of the molecule is COc1ccc(CCNC(N)=NCC(=O)Nc2cccc(Br)c2)cc1OC. The van der Waals surface area contributed by atoms with E-state index in [1.54, 1.807) is 20.3 Å². The Balaban J connectivity index is 1.78. The van der Waals surface area contributed by atoms with Crippen molar-refractivity contribution in [2.24, 2.45) is 10.7 Å². The van der Waals surface area contributed by atoms with Gasteiger partial charge < -0.3 is 25.8 Å². The van der Waals surface area contributed by atoms with Gasteiger partial charge in [-0.15, -0.1) is 0 Å². The Bertz CT molecular complexity index is 811. The van der Waals surface area contributed by atoms with Gasteiger partial charge in [0, 0.05) is 16.7 Å². The van der Waals surface area contributed by atoms with Crippen molar-refractivity contribution in [2.45, 2.75) is 6.42 Å². The van der Waals surface area contributed by atoms with E-state index < -0.39 is 0 Å². The van der Waals surface area contributed by atoms with Crippen LogP contribution in [0.2, 0.25) is 0 Å². The molecule has 2 rings (SSSR count). The maximum absolute atomic E-state index is 11.9. The number of hydrogen-bond donors (Lipinski definition) is 3. The average molecular weight is 435 g/mol. The van der Waals surface area contributed by atoms with E-state index in [0.29, 0.717) is 23.7 Å². The highest BCUT2D eigenvalue weighted by molar-refractivity contribution is 9.10. The van der Waals surface area contributed by atoms with E-state index in [-0.39, 0.29) is 18.4 Å². The Hall–Kier alpha value is -2.74. The summed E-state index contributed by atoms with van der Waals surface area (Å²) in [7, 11) is 3.20. The molecule has 0 spiro atoms. The summed E-state index contributed by atoms with van der Waals surface area (Å²) >= 11 is 3.36. The van der Waals surface area contributed by atoms with Crippen molar-refractivity contribution in [3.63, 3.8) is 0 Å². The number of ether oxygens (including phenoxy) is 2. The summed E-state index contributed by atoms with van der Waals surface area (Å²) in [4.78, 5) is 16.0. The quantitative estimate of drug-likeness (QED) is 0.438. The number of halogens is 1. The van der Waals surface area contributed by atoms with Crippen LogP contribution in [0.5, 0.6) is 11.5 Å². The third kappa shape index (κ3) is 6.82. The molecule has 0 bridgehead atoms. The number of methoxy groups -OCH3 is 2. The fourth-order valence-electron chi connectivity index (χ4n) is 2.35. The second-order valence-corrected chi connectivity index (χ2v) is 6.54. The lowest BCUT2D eigenvalue weighted by atomic mass is 10.1. The predicted octanol–water partition coefficient (Wildman–Crippen LogP) is 2.55. The van der Waals surface area contributed by atoms with E-state index in [1.807, 2.05) is 36.4 Å². The molecule has 0 fully saturated rings. The summed E-state index contributed by atoms with van der Waals surface area (Å²) in [5.41, 5.74) is 7.58. The number of hydrogen-bond acceptors (Lipinski definition) is 4. The lowest BCUT2D eigenvalue weighted by Gasteiger charge is -2.10. The summed E-state index contributed by atoms with van der Waals surface area (Å²) in [5.74, 6) is 1.35. The molecule has 2 aromatic rings. The number of carbonyl (C=O) groups is 1. The molecule has 2 aromatic carbocycles. The first-order valence-electron chi connectivity index (χ1n) is 8.32. The van der Waals surface area contributed by atoms with Crippen LogP contribution >= 0.6 is 15.9 Å². The predicted molar refractivity (Wildman–Crippen MR) is 111 cm³/mol. The minimum Gasteiger partial charge on any atom is -0.493 e. The number of amides is 1. The van der Waals surface area contributed by atoms with E-state index >= 15 is 0 Å². The van der Waals surface area contributed by atoms with Crippen LogP contribution in [0, 0.1) is 0 Å². The molecule has 0 aliphatic heterocycles. The number of carbonyl (C=O) groups excluding carboxylic acids is 1. The Morgan fingerprint density at radius 2 is 1.93 bits per heavy atom.